The third-order valence-corrected chi connectivity index (χ3v) is 6.43. The van der Waals surface area contributed by atoms with Gasteiger partial charge in [0, 0.05) is 18.5 Å². The number of primary sulfonamides is 1. The molecule has 0 atom stereocenters. The topological polar surface area (TPSA) is 161 Å². The number of ether oxygens (including phenoxy) is 1. The summed E-state index contributed by atoms with van der Waals surface area (Å²) < 4.78 is 45.4. The van der Waals surface area contributed by atoms with E-state index in [1.165, 1.54) is 23.1 Å². The van der Waals surface area contributed by atoms with E-state index in [0.717, 1.165) is 6.20 Å². The van der Waals surface area contributed by atoms with Crippen LogP contribution in [0.15, 0.2) is 41.7 Å². The molecule has 0 fully saturated rings. The van der Waals surface area contributed by atoms with Gasteiger partial charge < -0.3 is 9.84 Å². The van der Waals surface area contributed by atoms with Crippen LogP contribution in [0.25, 0.3) is 11.1 Å². The summed E-state index contributed by atoms with van der Waals surface area (Å²) in [6.45, 7) is 7.05. The van der Waals surface area contributed by atoms with Gasteiger partial charge in [-0.05, 0) is 54.2 Å². The second kappa shape index (κ2) is 10.0. The van der Waals surface area contributed by atoms with Gasteiger partial charge in [-0.3, -0.25) is 9.48 Å². The van der Waals surface area contributed by atoms with Crippen LogP contribution < -0.4 is 9.88 Å². The molecule has 3 aromatic rings. The molecular weight excluding hydrogens is 489 g/mol. The van der Waals surface area contributed by atoms with Crippen LogP contribution >= 0.6 is 0 Å². The Morgan fingerprint density at radius 3 is 2.61 bits per heavy atom. The van der Waals surface area contributed by atoms with Crippen LogP contribution in [0.1, 0.15) is 50.3 Å². The molecule has 36 heavy (non-hydrogen) atoms. The zero-order valence-corrected chi connectivity index (χ0v) is 21.0. The Kier molecular flexibility index (Phi) is 7.47. The highest BCUT2D eigenvalue weighted by Gasteiger charge is 2.26. The second-order valence-corrected chi connectivity index (χ2v) is 10.7. The standard InChI is InChI=1S/C24H26FN5O5S/c1-14(2)22-19(9-21(31)32)18(7-16(10-26)23(22)25)15-5-6-28-20(8-15)35-13-24(3,4)30-12-17(11-29-30)36(27,33)34/h5-8,11-12,14H,9,13H2,1-4H3,(H,31,32)(H2,27,33,34). The maximum Gasteiger partial charge on any atom is 0.307 e. The first-order valence-corrected chi connectivity index (χ1v) is 12.4. The fourth-order valence-corrected chi connectivity index (χ4v) is 4.20. The number of hydrogen-bond donors (Lipinski definition) is 2. The van der Waals surface area contributed by atoms with Gasteiger partial charge in [0.2, 0.25) is 15.9 Å². The van der Waals surface area contributed by atoms with Crippen molar-refractivity contribution in [3.63, 3.8) is 0 Å². The molecule has 2 aromatic heterocycles. The molecule has 0 aliphatic heterocycles. The highest BCUT2D eigenvalue weighted by Crippen LogP contribution is 2.35. The summed E-state index contributed by atoms with van der Waals surface area (Å²) in [5.74, 6) is -2.03. The van der Waals surface area contributed by atoms with Crippen molar-refractivity contribution in [3.05, 3.63) is 59.3 Å². The number of aromatic nitrogens is 3. The Bertz CT molecular complexity index is 1460. The van der Waals surface area contributed by atoms with Gasteiger partial charge in [0.25, 0.3) is 0 Å². The van der Waals surface area contributed by atoms with Gasteiger partial charge in [-0.25, -0.2) is 22.9 Å². The molecule has 190 valence electrons. The lowest BCUT2D eigenvalue weighted by molar-refractivity contribution is -0.136. The van der Waals surface area contributed by atoms with E-state index in [2.05, 4.69) is 10.1 Å². The number of halogens is 1. The number of carbonyl (C=O) groups is 1. The number of aliphatic carboxylic acids is 1. The molecule has 0 unspecified atom stereocenters. The summed E-state index contributed by atoms with van der Waals surface area (Å²) in [4.78, 5) is 15.7. The molecule has 3 rings (SSSR count). The molecule has 0 bridgehead atoms. The first kappa shape index (κ1) is 26.8. The maximum atomic E-state index is 15.0. The van der Waals surface area contributed by atoms with Crippen molar-refractivity contribution < 1.29 is 27.4 Å². The van der Waals surface area contributed by atoms with Gasteiger partial charge in [0.15, 0.2) is 0 Å². The van der Waals surface area contributed by atoms with E-state index in [1.54, 1.807) is 39.8 Å². The number of pyridine rings is 1. The lowest BCUT2D eigenvalue weighted by Crippen LogP contribution is -2.34. The Labute approximate surface area is 208 Å². The largest absolute Gasteiger partial charge is 0.481 e. The SMILES string of the molecule is CC(C)c1c(F)c(C#N)cc(-c2ccnc(OCC(C)(C)n3cc(S(N)(=O)=O)cn3)c2)c1CC(=O)O. The third kappa shape index (κ3) is 5.69. The van der Waals surface area contributed by atoms with E-state index in [9.17, 15) is 28.0 Å². The van der Waals surface area contributed by atoms with E-state index in [1.807, 2.05) is 6.07 Å². The van der Waals surface area contributed by atoms with Crippen molar-refractivity contribution in [2.24, 2.45) is 5.14 Å². The average Bonchev–Trinajstić information content (AvgIpc) is 3.30. The van der Waals surface area contributed by atoms with E-state index in [0.29, 0.717) is 11.1 Å². The molecule has 12 heteroatoms. The van der Waals surface area contributed by atoms with Gasteiger partial charge >= 0.3 is 5.97 Å². The van der Waals surface area contributed by atoms with E-state index in [4.69, 9.17) is 9.88 Å². The molecule has 0 radical (unpaired) electrons. The lowest BCUT2D eigenvalue weighted by atomic mass is 9.86. The van der Waals surface area contributed by atoms with Gasteiger partial charge in [0.1, 0.15) is 23.4 Å². The number of carboxylic acid groups (broad SMARTS) is 1. The van der Waals surface area contributed by atoms with Gasteiger partial charge in [-0.1, -0.05) is 13.8 Å². The monoisotopic (exact) mass is 515 g/mol. The summed E-state index contributed by atoms with van der Waals surface area (Å²) in [6, 6.07) is 6.36. The maximum absolute atomic E-state index is 15.0. The summed E-state index contributed by atoms with van der Waals surface area (Å²) in [5, 5.41) is 28.1. The Balaban J connectivity index is 1.98. The molecule has 10 nitrogen and oxygen atoms in total. The van der Waals surface area contributed by atoms with Crippen LogP contribution in [0.2, 0.25) is 0 Å². The molecule has 2 heterocycles. The van der Waals surface area contributed by atoms with Crippen LogP contribution in [-0.2, 0) is 26.8 Å². The minimum atomic E-state index is -3.90. The number of carboxylic acids is 1. The zero-order valence-electron chi connectivity index (χ0n) is 20.2. The molecular formula is C24H26FN5O5S. The van der Waals surface area contributed by atoms with Crippen molar-refractivity contribution in [2.75, 3.05) is 6.61 Å². The van der Waals surface area contributed by atoms with Crippen LogP contribution in [0.5, 0.6) is 5.88 Å². The van der Waals surface area contributed by atoms with Crippen molar-refractivity contribution in [3.8, 4) is 23.1 Å². The predicted octanol–water partition coefficient (Wildman–Crippen LogP) is 3.17. The number of nitrogens with zero attached hydrogens (tertiary/aromatic N) is 4. The highest BCUT2D eigenvalue weighted by atomic mass is 32.2. The second-order valence-electron chi connectivity index (χ2n) is 9.16. The van der Waals surface area contributed by atoms with Crippen LogP contribution in [0.4, 0.5) is 4.39 Å². The fourth-order valence-electron chi connectivity index (χ4n) is 3.76. The van der Waals surface area contributed by atoms with Crippen LogP contribution in [0, 0.1) is 17.1 Å². The average molecular weight is 516 g/mol. The number of rotatable bonds is 9. The van der Waals surface area contributed by atoms with E-state index in [-0.39, 0.29) is 40.0 Å². The van der Waals surface area contributed by atoms with Crippen molar-refractivity contribution >= 4 is 16.0 Å². The number of sulfonamides is 1. The molecule has 0 aliphatic carbocycles. The van der Waals surface area contributed by atoms with Crippen LogP contribution in [-0.4, -0.2) is 40.9 Å². The Morgan fingerprint density at radius 2 is 2.06 bits per heavy atom. The number of hydrogen-bond acceptors (Lipinski definition) is 7. The van der Waals surface area contributed by atoms with Crippen LogP contribution in [0.3, 0.4) is 0 Å². The van der Waals surface area contributed by atoms with Gasteiger partial charge in [0.05, 0.1) is 23.7 Å². The molecule has 0 saturated heterocycles. The van der Waals surface area contributed by atoms with Crippen molar-refractivity contribution in [1.29, 1.82) is 5.26 Å². The van der Waals surface area contributed by atoms with E-state index >= 15 is 0 Å². The predicted molar refractivity (Wildman–Crippen MR) is 128 cm³/mol. The highest BCUT2D eigenvalue weighted by molar-refractivity contribution is 7.89. The van der Waals surface area contributed by atoms with Crippen molar-refractivity contribution in [2.45, 2.75) is 50.5 Å². The summed E-state index contributed by atoms with van der Waals surface area (Å²) in [6.07, 6.45) is 3.48. The minimum Gasteiger partial charge on any atom is -0.481 e. The first-order chi connectivity index (χ1) is 16.7. The minimum absolute atomic E-state index is 0.0429. The normalized spacial score (nSPS) is 11.9. The zero-order chi connectivity index (χ0) is 26.8. The molecule has 0 spiro atoms. The molecule has 0 aliphatic rings. The summed E-state index contributed by atoms with van der Waals surface area (Å²) in [5.41, 5.74) is 0.379. The first-order valence-electron chi connectivity index (χ1n) is 10.9. The molecule has 3 N–H and O–H groups in total. The summed E-state index contributed by atoms with van der Waals surface area (Å²) >= 11 is 0. The Morgan fingerprint density at radius 1 is 1.36 bits per heavy atom. The number of nitriles is 1. The summed E-state index contributed by atoms with van der Waals surface area (Å²) in [7, 11) is -3.90. The molecule has 1 aromatic carbocycles. The Hall–Kier alpha value is -3.82. The van der Waals surface area contributed by atoms with Gasteiger partial charge in [-0.2, -0.15) is 10.4 Å². The number of benzene rings is 1. The fraction of sp³-hybridized carbons (Fsp3) is 0.333. The van der Waals surface area contributed by atoms with Crippen molar-refractivity contribution in [1.82, 2.24) is 14.8 Å². The molecule has 0 amide bonds. The third-order valence-electron chi connectivity index (χ3n) is 5.56. The van der Waals surface area contributed by atoms with E-state index < -0.39 is 33.8 Å². The molecule has 0 saturated carbocycles. The lowest BCUT2D eigenvalue weighted by Gasteiger charge is -2.25. The number of nitrogens with two attached hydrogens (primary N) is 1. The quantitative estimate of drug-likeness (QED) is 0.439. The van der Waals surface area contributed by atoms with Gasteiger partial charge in [-0.15, -0.1) is 0 Å². The smallest absolute Gasteiger partial charge is 0.307 e.